The van der Waals surface area contributed by atoms with Gasteiger partial charge in [-0.05, 0) is 22.0 Å². The minimum atomic E-state index is -4.94. The summed E-state index contributed by atoms with van der Waals surface area (Å²) in [4.78, 5) is 15.3. The Morgan fingerprint density at radius 1 is 1.29 bits per heavy atom. The lowest BCUT2D eigenvalue weighted by Gasteiger charge is -2.17. The number of hydrogen-bond acceptors (Lipinski definition) is 6. The Bertz CT molecular complexity index is 559. The predicted molar refractivity (Wildman–Crippen MR) is 43.3 cm³/mol. The van der Waals surface area contributed by atoms with E-state index in [9.17, 15) is 4.91 Å². The van der Waals surface area contributed by atoms with Crippen molar-refractivity contribution in [2.75, 3.05) is 0 Å². The van der Waals surface area contributed by atoms with E-state index in [1.807, 2.05) is 12.1 Å². The van der Waals surface area contributed by atoms with Crippen LogP contribution in [0.4, 0.5) is 0 Å². The molecule has 0 spiro atoms. The fourth-order valence-corrected chi connectivity index (χ4v) is 1.08. The highest BCUT2D eigenvalue weighted by atomic mass is 35.7. The molecule has 17 heavy (non-hydrogen) atoms. The Balaban J connectivity index is 0.000000249. The lowest BCUT2D eigenvalue weighted by molar-refractivity contribution is -2.00. The Morgan fingerprint density at radius 3 is 2.47 bits per heavy atom. The lowest BCUT2D eigenvalue weighted by atomic mass is 10.4. The highest BCUT2D eigenvalue weighted by Gasteiger charge is 2.05. The van der Waals surface area contributed by atoms with Crippen LogP contribution in [-0.4, -0.2) is 9.50 Å². The number of aryl methyl sites for hydroxylation is 1. The average Bonchev–Trinajstić information content (AvgIpc) is 2.22. The van der Waals surface area contributed by atoms with Gasteiger partial charge in [0.1, 0.15) is 5.52 Å². The number of rotatable bonds is 0. The molecule has 0 saturated carbocycles. The fraction of sp³-hybridized carbons (Fsp3) is 0.125. The second-order valence-electron chi connectivity index (χ2n) is 2.93. The number of halogens is 1. The van der Waals surface area contributed by atoms with Crippen molar-refractivity contribution < 1.29 is 33.4 Å². The van der Waals surface area contributed by atoms with Gasteiger partial charge in [0, 0.05) is 6.92 Å². The third kappa shape index (κ3) is 4.43. The van der Waals surface area contributed by atoms with Crippen molar-refractivity contribution in [3.63, 3.8) is 0 Å². The first kappa shape index (κ1) is 13.5. The summed E-state index contributed by atoms with van der Waals surface area (Å²) in [5.74, 6) is 0.443. The molecule has 0 saturated heterocycles. The molecule has 0 radical (unpaired) electrons. The van der Waals surface area contributed by atoms with E-state index in [2.05, 4.69) is 4.98 Å². The molecule has 2 aromatic heterocycles. The van der Waals surface area contributed by atoms with Gasteiger partial charge < -0.3 is 0 Å². The molecule has 0 aliphatic carbocycles. The van der Waals surface area contributed by atoms with Crippen molar-refractivity contribution in [1.29, 1.82) is 0 Å². The first-order valence-corrected chi connectivity index (χ1v) is 5.50. The normalized spacial score (nSPS) is 10.9. The highest BCUT2D eigenvalue weighted by molar-refractivity contribution is 5.40. The van der Waals surface area contributed by atoms with Gasteiger partial charge in [0.05, 0.1) is 10.7 Å². The van der Waals surface area contributed by atoms with Crippen LogP contribution in [-0.2, 0) is 0 Å². The smallest absolute Gasteiger partial charge is 0.222 e. The fourth-order valence-electron chi connectivity index (χ4n) is 1.08. The third-order valence-electron chi connectivity index (χ3n) is 1.73. The quantitative estimate of drug-likeness (QED) is 0.442. The zero-order valence-electron chi connectivity index (χ0n) is 8.65. The molecular formula is C8H8ClN3O5. The van der Waals surface area contributed by atoms with Crippen LogP contribution in [0.15, 0.2) is 30.6 Å². The van der Waals surface area contributed by atoms with Crippen molar-refractivity contribution >= 4 is 5.52 Å². The summed E-state index contributed by atoms with van der Waals surface area (Å²) in [6.07, 6.45) is 3.38. The molecular weight excluding hydrogens is 254 g/mol. The molecule has 2 aromatic rings. The lowest BCUT2D eigenvalue weighted by Crippen LogP contribution is -2.68. The van der Waals surface area contributed by atoms with Crippen LogP contribution in [0.25, 0.3) is 5.52 Å². The van der Waals surface area contributed by atoms with Crippen LogP contribution in [0, 0.1) is 22.1 Å². The van der Waals surface area contributed by atoms with Gasteiger partial charge in [-0.15, -0.1) is 14.8 Å². The van der Waals surface area contributed by atoms with E-state index in [-0.39, 0.29) is 0 Å². The maximum Gasteiger partial charge on any atom is 0.362 e. The van der Waals surface area contributed by atoms with Gasteiger partial charge in [-0.3, -0.25) is 0 Å². The van der Waals surface area contributed by atoms with Crippen molar-refractivity contribution in [1.82, 2.24) is 9.50 Å². The molecule has 2 heterocycles. The second kappa shape index (κ2) is 5.17. The molecule has 9 heteroatoms. The van der Waals surface area contributed by atoms with Crippen LogP contribution >= 0.6 is 0 Å². The second-order valence-corrected chi connectivity index (χ2v) is 3.68. The van der Waals surface area contributed by atoms with Gasteiger partial charge in [0.15, 0.2) is 6.20 Å². The Hall–Kier alpha value is -1.58. The van der Waals surface area contributed by atoms with Gasteiger partial charge in [-0.2, -0.15) is 0 Å². The van der Waals surface area contributed by atoms with Gasteiger partial charge in [-0.25, -0.2) is 18.6 Å². The summed E-state index contributed by atoms with van der Waals surface area (Å²) >= 11 is 0. The van der Waals surface area contributed by atoms with Gasteiger partial charge in [0.2, 0.25) is 0 Å². The molecule has 0 fully saturated rings. The summed E-state index contributed by atoms with van der Waals surface area (Å²) in [5.41, 5.74) is 0.790. The molecule has 0 aromatic carbocycles. The van der Waals surface area contributed by atoms with E-state index >= 15 is 0 Å². The van der Waals surface area contributed by atoms with Crippen LogP contribution < -0.4 is 23.2 Å². The highest BCUT2D eigenvalue weighted by Crippen LogP contribution is 1.95. The molecule has 92 valence electrons. The minimum Gasteiger partial charge on any atom is -0.222 e. The Labute approximate surface area is 97.3 Å². The van der Waals surface area contributed by atoms with E-state index in [0.29, 0.717) is 5.82 Å². The molecule has 0 aliphatic heterocycles. The van der Waals surface area contributed by atoms with Gasteiger partial charge in [-0.1, -0.05) is 6.07 Å². The topological polar surface area (TPSA) is 133 Å². The van der Waals surface area contributed by atoms with Crippen LogP contribution in [0.3, 0.4) is 0 Å². The SMILES string of the molecule is Cc1ncc2ccccn2[n+]1=O.[O-][Cl+3]([O-])([O-])[O-]. The van der Waals surface area contributed by atoms with E-state index in [0.717, 1.165) is 10.1 Å². The van der Waals surface area contributed by atoms with Gasteiger partial charge in [0.25, 0.3) is 0 Å². The first-order chi connectivity index (χ1) is 7.79. The molecule has 0 aliphatic rings. The van der Waals surface area contributed by atoms with E-state index in [4.69, 9.17) is 18.6 Å². The van der Waals surface area contributed by atoms with E-state index < -0.39 is 10.2 Å². The minimum absolute atomic E-state index is 0.443. The number of pyridine rings is 1. The summed E-state index contributed by atoms with van der Waals surface area (Å²) in [6, 6.07) is 5.51. The van der Waals surface area contributed by atoms with Crippen molar-refractivity contribution in [2.24, 2.45) is 0 Å². The number of fused-ring (bicyclic) bond motifs is 1. The maximum absolute atomic E-state index is 11.3. The molecule has 0 bridgehead atoms. The third-order valence-corrected chi connectivity index (χ3v) is 1.73. The van der Waals surface area contributed by atoms with Crippen molar-refractivity contribution in [3.05, 3.63) is 41.3 Å². The standard InChI is InChI=1S/C8H8N3O.ClHO4/c1-7-9-6-8-4-2-3-5-10(8)11(7)12;2-1(3,4)5/h2-6H,1H3;(H,2,3,4,5)/q+1;/p-1. The zero-order valence-corrected chi connectivity index (χ0v) is 9.40. The van der Waals surface area contributed by atoms with Crippen LogP contribution in [0.2, 0.25) is 0 Å². The molecule has 0 N–H and O–H groups in total. The molecule has 0 atom stereocenters. The van der Waals surface area contributed by atoms with E-state index in [1.165, 1.54) is 4.52 Å². The largest absolute Gasteiger partial charge is 0.362 e. The summed E-state index contributed by atoms with van der Waals surface area (Å²) < 4.78 is 36.2. The number of aromatic nitrogens is 3. The summed E-state index contributed by atoms with van der Waals surface area (Å²) in [5, 5.41) is 0. The summed E-state index contributed by atoms with van der Waals surface area (Å²) in [7, 11) is -4.94. The molecule has 0 amide bonds. The van der Waals surface area contributed by atoms with Crippen LogP contribution in [0.1, 0.15) is 5.82 Å². The summed E-state index contributed by atoms with van der Waals surface area (Å²) in [6.45, 7) is 1.67. The average molecular weight is 262 g/mol. The number of nitrogens with zero attached hydrogens (tertiary/aromatic N) is 3. The number of hydrogen-bond donors (Lipinski definition) is 0. The Kier molecular flexibility index (Phi) is 4.10. The first-order valence-electron chi connectivity index (χ1n) is 4.26. The zero-order chi connectivity index (χ0) is 13.1. The van der Waals surface area contributed by atoms with Crippen molar-refractivity contribution in [3.8, 4) is 0 Å². The molecule has 8 nitrogen and oxygen atoms in total. The molecule has 2 rings (SSSR count). The Morgan fingerprint density at radius 2 is 1.88 bits per heavy atom. The predicted octanol–water partition coefficient (Wildman–Crippen LogP) is -4.20. The van der Waals surface area contributed by atoms with Crippen LogP contribution in [0.5, 0.6) is 0 Å². The molecule has 0 unspecified atom stereocenters. The monoisotopic (exact) mass is 261 g/mol. The van der Waals surface area contributed by atoms with E-state index in [1.54, 1.807) is 25.4 Å². The van der Waals surface area contributed by atoms with Crippen molar-refractivity contribution in [2.45, 2.75) is 6.92 Å². The van der Waals surface area contributed by atoms with Gasteiger partial charge >= 0.3 is 5.82 Å². The maximum atomic E-state index is 11.3.